The first-order valence-electron chi connectivity index (χ1n) is 24.3. The fourth-order valence-corrected chi connectivity index (χ4v) is 8.30. The lowest BCUT2D eigenvalue weighted by Gasteiger charge is -2.46. The van der Waals surface area contributed by atoms with Gasteiger partial charge in [-0.1, -0.05) is 174 Å². The topological polar surface area (TPSA) is 228 Å². The van der Waals surface area contributed by atoms with Gasteiger partial charge in [0.25, 0.3) is 0 Å². The highest BCUT2D eigenvalue weighted by molar-refractivity contribution is 5.76. The molecule has 2 rings (SSSR count). The van der Waals surface area contributed by atoms with E-state index in [0.717, 1.165) is 51.4 Å². The van der Waals surface area contributed by atoms with E-state index in [4.69, 9.17) is 18.9 Å². The van der Waals surface area contributed by atoms with E-state index >= 15 is 0 Å². The molecule has 0 aromatic carbocycles. The number of amides is 1. The van der Waals surface area contributed by atoms with Gasteiger partial charge in [0.15, 0.2) is 12.6 Å². The van der Waals surface area contributed by atoms with Gasteiger partial charge in [-0.15, -0.1) is 0 Å². The molecule has 0 aromatic heterocycles. The normalized spacial score (nSPS) is 28.2. The van der Waals surface area contributed by atoms with Gasteiger partial charge in [-0.2, -0.15) is 0 Å². The smallest absolute Gasteiger partial charge is 0.220 e. The van der Waals surface area contributed by atoms with Crippen LogP contribution in [0.3, 0.4) is 0 Å². The van der Waals surface area contributed by atoms with E-state index in [1.165, 1.54) is 116 Å². The highest BCUT2D eigenvalue weighted by Gasteiger charge is 2.51. The number of hydrogen-bond acceptors (Lipinski definition) is 13. The average molecular weight is 864 g/mol. The number of carbonyl (C=O) groups is 1. The van der Waals surface area contributed by atoms with Gasteiger partial charge in [0.1, 0.15) is 48.8 Å². The molecule has 9 N–H and O–H groups in total. The van der Waals surface area contributed by atoms with Crippen molar-refractivity contribution in [2.45, 2.75) is 267 Å². The van der Waals surface area contributed by atoms with Crippen LogP contribution in [-0.2, 0) is 23.7 Å². The van der Waals surface area contributed by atoms with Crippen LogP contribution in [0.4, 0.5) is 0 Å². The van der Waals surface area contributed by atoms with Crippen molar-refractivity contribution in [2.24, 2.45) is 0 Å². The van der Waals surface area contributed by atoms with Crippen LogP contribution in [0.5, 0.6) is 0 Å². The van der Waals surface area contributed by atoms with Gasteiger partial charge >= 0.3 is 0 Å². The molecule has 2 heterocycles. The molecule has 1 amide bonds. The predicted octanol–water partition coefficient (Wildman–Crippen LogP) is 5.44. The Balaban J connectivity index is 1.83. The molecule has 2 saturated heterocycles. The Morgan fingerprint density at radius 1 is 0.533 bits per heavy atom. The summed E-state index contributed by atoms with van der Waals surface area (Å²) in [5, 5.41) is 86.6. The summed E-state index contributed by atoms with van der Waals surface area (Å²) >= 11 is 0. The zero-order valence-electron chi connectivity index (χ0n) is 37.5. The molecular weight excluding hydrogens is 774 g/mol. The van der Waals surface area contributed by atoms with Crippen molar-refractivity contribution in [3.8, 4) is 0 Å². The molecule has 60 heavy (non-hydrogen) atoms. The Morgan fingerprint density at radius 2 is 0.950 bits per heavy atom. The van der Waals surface area contributed by atoms with E-state index in [1.807, 2.05) is 0 Å². The number of unbranched alkanes of at least 4 members (excludes halogenated alkanes) is 24. The Kier molecular flexibility index (Phi) is 31.6. The minimum absolute atomic E-state index is 0.206. The van der Waals surface area contributed by atoms with E-state index < -0.39 is 86.8 Å². The predicted molar refractivity (Wildman–Crippen MR) is 231 cm³/mol. The summed E-state index contributed by atoms with van der Waals surface area (Å²) in [6.07, 6.45) is 15.4. The van der Waals surface area contributed by atoms with E-state index in [0.29, 0.717) is 12.8 Å². The highest BCUT2D eigenvalue weighted by Crippen LogP contribution is 2.30. The molecule has 0 radical (unpaired) electrons. The second kappa shape index (κ2) is 34.4. The van der Waals surface area contributed by atoms with Crippen LogP contribution in [0.15, 0.2) is 0 Å². The van der Waals surface area contributed by atoms with Crippen LogP contribution in [-0.4, -0.2) is 140 Å². The molecule has 14 heteroatoms. The minimum Gasteiger partial charge on any atom is -0.394 e. The summed E-state index contributed by atoms with van der Waals surface area (Å²) < 4.78 is 22.7. The lowest BCUT2D eigenvalue weighted by molar-refractivity contribution is -0.359. The first-order valence-corrected chi connectivity index (χ1v) is 24.3. The van der Waals surface area contributed by atoms with Gasteiger partial charge in [-0.05, 0) is 12.8 Å². The number of aliphatic hydroxyl groups excluding tert-OH is 8. The number of rotatable bonds is 37. The fourth-order valence-electron chi connectivity index (χ4n) is 8.30. The van der Waals surface area contributed by atoms with Crippen LogP contribution < -0.4 is 5.32 Å². The summed E-state index contributed by atoms with van der Waals surface area (Å²) in [6, 6.07) is -0.819. The largest absolute Gasteiger partial charge is 0.394 e. The third-order valence-corrected chi connectivity index (χ3v) is 12.3. The van der Waals surface area contributed by atoms with E-state index in [9.17, 15) is 45.6 Å². The van der Waals surface area contributed by atoms with E-state index in [1.54, 1.807) is 0 Å². The van der Waals surface area contributed by atoms with Gasteiger partial charge in [-0.25, -0.2) is 0 Å². The van der Waals surface area contributed by atoms with Crippen molar-refractivity contribution >= 4 is 5.91 Å². The quantitative estimate of drug-likeness (QED) is 0.0356. The van der Waals surface area contributed by atoms with Gasteiger partial charge in [-0.3, -0.25) is 4.79 Å². The van der Waals surface area contributed by atoms with Crippen LogP contribution in [0.1, 0.15) is 194 Å². The molecule has 0 saturated carbocycles. The fraction of sp³-hybridized carbons (Fsp3) is 0.978. The SMILES string of the molecule is CCCCCCCCCCCCCCCCCCC(=O)N[C@@H](CO[C@@H]1O[C@H](CO)[C@@H](O[C@@H]2O[C@H](CO)[C@H](O)C(O)C2O)C(O)C1O)[C@H](O)CCCCCCCCCCCC. The zero-order valence-corrected chi connectivity index (χ0v) is 37.5. The van der Waals surface area contributed by atoms with Crippen LogP contribution in [0.25, 0.3) is 0 Å². The summed E-state index contributed by atoms with van der Waals surface area (Å²) in [4.78, 5) is 13.1. The average Bonchev–Trinajstić information content (AvgIpc) is 3.24. The van der Waals surface area contributed by atoms with Crippen molar-refractivity contribution in [3.05, 3.63) is 0 Å². The maximum Gasteiger partial charge on any atom is 0.220 e. The number of nitrogens with one attached hydrogen (secondary N) is 1. The Morgan fingerprint density at radius 3 is 1.42 bits per heavy atom. The Labute approximate surface area is 362 Å². The highest BCUT2D eigenvalue weighted by atomic mass is 16.7. The van der Waals surface area contributed by atoms with Crippen molar-refractivity contribution in [2.75, 3.05) is 19.8 Å². The molecule has 2 aliphatic heterocycles. The molecular formula is C46H89NO13. The number of carbonyl (C=O) groups excluding carboxylic acids is 1. The van der Waals surface area contributed by atoms with Gasteiger partial charge in [0.05, 0.1) is 32.0 Å². The standard InChI is InChI=1S/C46H89NO13/c1-3-5-7-9-11-13-15-16-17-18-19-20-22-24-26-28-30-38(51)47-34(35(50)29-27-25-23-21-14-12-10-8-6-4-2)33-57-45-43(56)41(54)44(37(32-49)59-45)60-46-42(55)40(53)39(52)36(31-48)58-46/h34-37,39-46,48-50,52-56H,3-33H2,1-2H3,(H,47,51)/t34-,35+,36+,37+,39-,40?,41?,42?,43?,44+,45+,46-/m0/s1. The molecule has 4 unspecified atom stereocenters. The number of hydrogen-bond donors (Lipinski definition) is 9. The second-order valence-electron chi connectivity index (χ2n) is 17.6. The molecule has 356 valence electrons. The molecule has 0 aromatic rings. The molecule has 0 aliphatic carbocycles. The first-order chi connectivity index (χ1) is 29.1. The van der Waals surface area contributed by atoms with E-state index in [2.05, 4.69) is 19.2 Å². The van der Waals surface area contributed by atoms with E-state index in [-0.39, 0.29) is 12.5 Å². The minimum atomic E-state index is -1.78. The van der Waals surface area contributed by atoms with Crippen molar-refractivity contribution in [1.29, 1.82) is 0 Å². The van der Waals surface area contributed by atoms with Crippen LogP contribution in [0, 0.1) is 0 Å². The lowest BCUT2D eigenvalue weighted by Crippen LogP contribution is -2.65. The van der Waals surface area contributed by atoms with Crippen molar-refractivity contribution in [3.63, 3.8) is 0 Å². The maximum absolute atomic E-state index is 13.1. The van der Waals surface area contributed by atoms with Crippen LogP contribution in [0.2, 0.25) is 0 Å². The third-order valence-electron chi connectivity index (χ3n) is 12.3. The zero-order chi connectivity index (χ0) is 44.0. The first kappa shape index (κ1) is 55.1. The summed E-state index contributed by atoms with van der Waals surface area (Å²) in [6.45, 7) is 2.83. The maximum atomic E-state index is 13.1. The summed E-state index contributed by atoms with van der Waals surface area (Å²) in [7, 11) is 0. The van der Waals surface area contributed by atoms with Gasteiger partial charge in [0, 0.05) is 6.42 Å². The molecule has 14 nitrogen and oxygen atoms in total. The second-order valence-corrected chi connectivity index (χ2v) is 17.6. The summed E-state index contributed by atoms with van der Waals surface area (Å²) in [5.41, 5.74) is 0. The van der Waals surface area contributed by atoms with Crippen molar-refractivity contribution < 1.29 is 64.6 Å². The Hall–Kier alpha value is -1.01. The molecule has 12 atom stereocenters. The van der Waals surface area contributed by atoms with Crippen molar-refractivity contribution in [1.82, 2.24) is 5.32 Å². The third kappa shape index (κ3) is 22.1. The summed E-state index contributed by atoms with van der Waals surface area (Å²) in [5.74, 6) is -0.206. The van der Waals surface area contributed by atoms with Crippen LogP contribution >= 0.6 is 0 Å². The number of aliphatic hydroxyl groups is 8. The monoisotopic (exact) mass is 864 g/mol. The number of ether oxygens (including phenoxy) is 4. The lowest BCUT2D eigenvalue weighted by atomic mass is 9.97. The van der Waals surface area contributed by atoms with Gasteiger partial charge in [0.2, 0.25) is 5.91 Å². The molecule has 0 spiro atoms. The molecule has 2 fully saturated rings. The van der Waals surface area contributed by atoms with Gasteiger partial charge < -0.3 is 65.1 Å². The molecule has 0 bridgehead atoms. The molecule has 2 aliphatic rings. The Bertz CT molecular complexity index is 1020.